The van der Waals surface area contributed by atoms with E-state index in [1.54, 1.807) is 40.7 Å². The first-order valence-corrected chi connectivity index (χ1v) is 15.7. The van der Waals surface area contributed by atoms with Gasteiger partial charge in [-0.25, -0.2) is 4.79 Å². The SMILES string of the molecule is C=CCO[C@@H]1[C@H](C)[C@H](O[C@@H]2O[C@H](C)C[C@H](N(C)C)[C@H]2O)[C@@H](C)C(=O)CC(=O)O[C@H](CC)[C@@]2(C)OC(=O)NC2[C@@H](C)C(=O)[C@@H]1C. The van der Waals surface area contributed by atoms with Crippen LogP contribution in [-0.2, 0) is 38.1 Å². The van der Waals surface area contributed by atoms with Gasteiger partial charge in [-0.05, 0) is 40.8 Å². The van der Waals surface area contributed by atoms with E-state index < -0.39 is 90.3 Å². The van der Waals surface area contributed by atoms with Gasteiger partial charge < -0.3 is 39.0 Å². The molecule has 0 bridgehead atoms. The molecule has 3 rings (SSSR count). The summed E-state index contributed by atoms with van der Waals surface area (Å²) >= 11 is 0. The van der Waals surface area contributed by atoms with Gasteiger partial charge in [0.2, 0.25) is 0 Å². The van der Waals surface area contributed by atoms with E-state index in [1.807, 2.05) is 32.8 Å². The number of ether oxygens (including phenoxy) is 5. The van der Waals surface area contributed by atoms with Crippen molar-refractivity contribution in [1.82, 2.24) is 10.2 Å². The van der Waals surface area contributed by atoms with E-state index in [0.29, 0.717) is 6.42 Å². The molecular weight excluding hydrogens is 572 g/mol. The Kier molecular flexibility index (Phi) is 12.1. The number of esters is 1. The molecule has 3 aliphatic heterocycles. The molecule has 13 atom stereocenters. The van der Waals surface area contributed by atoms with Gasteiger partial charge in [0.05, 0.1) is 31.0 Å². The number of hydrogen-bond donors (Lipinski definition) is 2. The summed E-state index contributed by atoms with van der Waals surface area (Å²) < 4.78 is 30.2. The number of alkyl carbamates (subject to hydrolysis) is 1. The van der Waals surface area contributed by atoms with Crippen LogP contribution >= 0.6 is 0 Å². The van der Waals surface area contributed by atoms with Crippen molar-refractivity contribution in [2.75, 3.05) is 20.7 Å². The molecule has 3 fully saturated rings. The maximum absolute atomic E-state index is 14.1. The number of amides is 1. The molecule has 0 aromatic carbocycles. The Morgan fingerprint density at radius 2 is 1.73 bits per heavy atom. The van der Waals surface area contributed by atoms with Crippen LogP contribution in [0.4, 0.5) is 4.79 Å². The second-order valence-electron chi connectivity index (χ2n) is 13.1. The summed E-state index contributed by atoms with van der Waals surface area (Å²) in [6.07, 6.45) is -3.72. The Morgan fingerprint density at radius 3 is 2.32 bits per heavy atom. The number of nitrogens with one attached hydrogen (secondary N) is 1. The van der Waals surface area contributed by atoms with Gasteiger partial charge in [0.15, 0.2) is 11.9 Å². The molecule has 0 saturated carbocycles. The van der Waals surface area contributed by atoms with Crippen molar-refractivity contribution >= 4 is 23.6 Å². The van der Waals surface area contributed by atoms with Crippen LogP contribution in [0.2, 0.25) is 0 Å². The number of ketones is 2. The molecule has 1 amide bonds. The van der Waals surface area contributed by atoms with Gasteiger partial charge in [0.1, 0.15) is 30.2 Å². The first kappa shape index (κ1) is 36.1. The lowest BCUT2D eigenvalue weighted by Crippen LogP contribution is -2.58. The number of cyclic esters (lactones) is 1. The fourth-order valence-corrected chi connectivity index (χ4v) is 7.11. The molecule has 0 aromatic heterocycles. The molecule has 3 aliphatic rings. The summed E-state index contributed by atoms with van der Waals surface area (Å²) in [7, 11) is 3.73. The van der Waals surface area contributed by atoms with Crippen molar-refractivity contribution in [1.29, 1.82) is 0 Å². The van der Waals surface area contributed by atoms with Gasteiger partial charge >= 0.3 is 12.1 Å². The van der Waals surface area contributed by atoms with Crippen LogP contribution in [0.3, 0.4) is 0 Å². The van der Waals surface area contributed by atoms with Crippen LogP contribution in [0.1, 0.15) is 67.7 Å². The minimum absolute atomic E-state index is 0.129. The molecule has 1 unspecified atom stereocenters. The second kappa shape index (κ2) is 14.8. The minimum atomic E-state index is -1.35. The standard InChI is InChI=1S/C32H52N2O10/c1-11-13-40-27-18(5)25(37)19(6)29-32(8,44-31(39)33-29)23(12-2)42-24(36)15-22(35)17(4)28(20(27)7)43-30-26(38)21(34(9)10)14-16(3)41-30/h11,16-21,23,26-30,38H,1,12-15H2,2-10H3,(H,33,39)/t16-,17+,18+,19+,20+,21+,23-,26-,27+,28-,29?,30+,32-/m1/s1. The predicted octanol–water partition coefficient (Wildman–Crippen LogP) is 2.64. The number of carbonyl (C=O) groups excluding carboxylic acids is 4. The Balaban J connectivity index is 2.08. The summed E-state index contributed by atoms with van der Waals surface area (Å²) in [4.78, 5) is 55.4. The first-order valence-electron chi connectivity index (χ1n) is 15.7. The molecule has 0 aliphatic carbocycles. The highest BCUT2D eigenvalue weighted by molar-refractivity contribution is 5.97. The van der Waals surface area contributed by atoms with Crippen molar-refractivity contribution in [2.45, 2.75) is 122 Å². The number of nitrogens with zero attached hydrogens (tertiary/aromatic N) is 1. The lowest BCUT2D eigenvalue weighted by atomic mass is 9.74. The first-order chi connectivity index (χ1) is 20.6. The minimum Gasteiger partial charge on any atom is -0.458 e. The van der Waals surface area contributed by atoms with E-state index in [1.165, 1.54) is 0 Å². The van der Waals surface area contributed by atoms with Crippen LogP contribution in [0.5, 0.6) is 0 Å². The Bertz CT molecular complexity index is 1070. The van der Waals surface area contributed by atoms with Gasteiger partial charge in [-0.3, -0.25) is 14.4 Å². The Morgan fingerprint density at radius 1 is 1.07 bits per heavy atom. The van der Waals surface area contributed by atoms with Gasteiger partial charge in [-0.2, -0.15) is 0 Å². The zero-order chi connectivity index (χ0) is 33.1. The summed E-state index contributed by atoms with van der Waals surface area (Å²) in [5.74, 6) is -4.35. The molecule has 0 radical (unpaired) electrons. The highest BCUT2D eigenvalue weighted by Gasteiger charge is 2.56. The van der Waals surface area contributed by atoms with Crippen LogP contribution in [0.15, 0.2) is 12.7 Å². The summed E-state index contributed by atoms with van der Waals surface area (Å²) in [6, 6.07) is -1.06. The lowest BCUT2D eigenvalue weighted by Gasteiger charge is -2.45. The van der Waals surface area contributed by atoms with Crippen LogP contribution in [0.25, 0.3) is 0 Å². The number of fused-ring (bicyclic) bond motifs is 1. The number of aliphatic hydroxyl groups excluding tert-OH is 1. The second-order valence-corrected chi connectivity index (χ2v) is 13.1. The van der Waals surface area contributed by atoms with Crippen molar-refractivity contribution < 1.29 is 48.0 Å². The monoisotopic (exact) mass is 624 g/mol. The van der Waals surface area contributed by atoms with Crippen LogP contribution in [-0.4, -0.2) is 109 Å². The van der Waals surface area contributed by atoms with E-state index >= 15 is 0 Å². The van der Waals surface area contributed by atoms with Crippen molar-refractivity contribution in [3.63, 3.8) is 0 Å². The topological polar surface area (TPSA) is 150 Å². The molecule has 44 heavy (non-hydrogen) atoms. The molecule has 0 spiro atoms. The maximum Gasteiger partial charge on any atom is 0.408 e. The highest BCUT2D eigenvalue weighted by Crippen LogP contribution is 2.38. The Labute approximate surface area is 261 Å². The molecule has 250 valence electrons. The maximum atomic E-state index is 14.1. The summed E-state index contributed by atoms with van der Waals surface area (Å²) in [6.45, 7) is 16.1. The van der Waals surface area contributed by atoms with Crippen LogP contribution in [0, 0.1) is 23.7 Å². The molecule has 3 heterocycles. The number of Topliss-reactive ketones (excluding diaryl/α,β-unsaturated/α-hetero) is 2. The molecule has 2 N–H and O–H groups in total. The van der Waals surface area contributed by atoms with Crippen molar-refractivity contribution in [3.8, 4) is 0 Å². The number of rotatable bonds is 7. The van der Waals surface area contributed by atoms with Gasteiger partial charge in [0.25, 0.3) is 0 Å². The van der Waals surface area contributed by atoms with E-state index in [2.05, 4.69) is 11.9 Å². The van der Waals surface area contributed by atoms with E-state index in [9.17, 15) is 24.3 Å². The van der Waals surface area contributed by atoms with Crippen molar-refractivity contribution in [2.24, 2.45) is 23.7 Å². The van der Waals surface area contributed by atoms with Gasteiger partial charge in [-0.1, -0.05) is 40.7 Å². The zero-order valence-electron chi connectivity index (χ0n) is 27.6. The molecule has 12 heteroatoms. The normalized spacial score (nSPS) is 42.6. The summed E-state index contributed by atoms with van der Waals surface area (Å²) in [5, 5.41) is 14.0. The molecule has 0 aromatic rings. The Hall–Kier alpha value is -2.38. The predicted molar refractivity (Wildman–Crippen MR) is 161 cm³/mol. The van der Waals surface area contributed by atoms with E-state index in [-0.39, 0.29) is 31.0 Å². The van der Waals surface area contributed by atoms with Gasteiger partial charge in [-0.15, -0.1) is 6.58 Å². The molecular formula is C32H52N2O10. The van der Waals surface area contributed by atoms with E-state index in [4.69, 9.17) is 23.7 Å². The average molecular weight is 625 g/mol. The number of likely N-dealkylation sites (N-methyl/N-ethyl adjacent to an activating group) is 1. The lowest BCUT2D eigenvalue weighted by molar-refractivity contribution is -0.281. The fourth-order valence-electron chi connectivity index (χ4n) is 7.11. The number of aliphatic hydroxyl groups is 1. The van der Waals surface area contributed by atoms with Crippen LogP contribution < -0.4 is 5.32 Å². The third-order valence-electron chi connectivity index (χ3n) is 9.71. The zero-order valence-corrected chi connectivity index (χ0v) is 27.6. The highest BCUT2D eigenvalue weighted by atomic mass is 16.7. The van der Waals surface area contributed by atoms with Gasteiger partial charge in [0, 0.05) is 29.7 Å². The summed E-state index contributed by atoms with van der Waals surface area (Å²) in [5.41, 5.74) is -1.35. The van der Waals surface area contributed by atoms with E-state index in [0.717, 1.165) is 0 Å². The molecule has 12 nitrogen and oxygen atoms in total. The third kappa shape index (κ3) is 7.52. The number of carbonyl (C=O) groups is 4. The molecule has 3 saturated heterocycles. The van der Waals surface area contributed by atoms with Crippen molar-refractivity contribution in [3.05, 3.63) is 12.7 Å². The fraction of sp³-hybridized carbons (Fsp3) is 0.812. The smallest absolute Gasteiger partial charge is 0.408 e. The average Bonchev–Trinajstić information content (AvgIpc) is 3.28. The largest absolute Gasteiger partial charge is 0.458 e. The number of hydrogen-bond acceptors (Lipinski definition) is 11. The quantitative estimate of drug-likeness (QED) is 0.245. The third-order valence-corrected chi connectivity index (χ3v) is 9.71.